The molecule has 1 aliphatic heterocycles. The predicted octanol–water partition coefficient (Wildman–Crippen LogP) is 3.53. The summed E-state index contributed by atoms with van der Waals surface area (Å²) < 4.78 is 4.76. The van der Waals surface area contributed by atoms with Crippen LogP contribution in [-0.2, 0) is 0 Å². The number of aryl methyl sites for hydroxylation is 1. The molecule has 1 heterocycles. The molecule has 2 aromatic carbocycles. The normalized spacial score (nSPS) is 13.3. The predicted molar refractivity (Wildman–Crippen MR) is 80.6 cm³/mol. The number of halogens is 1. The first kappa shape index (κ1) is 14.3. The number of rotatable bonds is 2. The first-order valence-electron chi connectivity index (χ1n) is 6.44. The fourth-order valence-corrected chi connectivity index (χ4v) is 2.46. The van der Waals surface area contributed by atoms with Crippen molar-refractivity contribution < 1.29 is 19.1 Å². The minimum Gasteiger partial charge on any atom is -0.414 e. The maximum absolute atomic E-state index is 12.5. The highest BCUT2D eigenvalue weighted by Gasteiger charge is 2.36. The number of ether oxygens (including phenoxy) is 1. The zero-order valence-electron chi connectivity index (χ0n) is 11.5. The van der Waals surface area contributed by atoms with Crippen LogP contribution in [0.25, 0.3) is 0 Å². The molecule has 0 aromatic heterocycles. The molecule has 0 bridgehead atoms. The molecule has 0 fully saturated rings. The van der Waals surface area contributed by atoms with Gasteiger partial charge in [-0.2, -0.15) is 0 Å². The molecular formula is C16H10ClNO4. The number of hydrogen-bond donors (Lipinski definition) is 0. The quantitative estimate of drug-likeness (QED) is 0.628. The maximum Gasteiger partial charge on any atom is 0.409 e. The summed E-state index contributed by atoms with van der Waals surface area (Å²) in [5.74, 6) is -0.655. The molecule has 22 heavy (non-hydrogen) atoms. The van der Waals surface area contributed by atoms with Gasteiger partial charge in [-0.25, -0.2) is 9.69 Å². The Morgan fingerprint density at radius 1 is 1.05 bits per heavy atom. The topological polar surface area (TPSA) is 63.7 Å². The largest absolute Gasteiger partial charge is 0.414 e. The summed E-state index contributed by atoms with van der Waals surface area (Å²) in [5.41, 5.74) is 0.945. The third-order valence-corrected chi connectivity index (χ3v) is 3.39. The smallest absolute Gasteiger partial charge is 0.409 e. The lowest BCUT2D eigenvalue weighted by Gasteiger charge is -2.14. The summed E-state index contributed by atoms with van der Waals surface area (Å²) in [7, 11) is 0. The Balaban J connectivity index is 2.02. The molecule has 2 amide bonds. The summed E-state index contributed by atoms with van der Waals surface area (Å²) >= 11 is 5.16. The minimum atomic E-state index is -0.991. The summed E-state index contributed by atoms with van der Waals surface area (Å²) in [6.07, 6.45) is 0. The molecule has 0 atom stereocenters. The van der Waals surface area contributed by atoms with E-state index >= 15 is 0 Å². The first-order chi connectivity index (χ1) is 10.5. The van der Waals surface area contributed by atoms with Crippen LogP contribution < -0.4 is 9.64 Å². The zero-order chi connectivity index (χ0) is 15.9. The van der Waals surface area contributed by atoms with Crippen LogP contribution in [-0.4, -0.2) is 17.2 Å². The number of carbonyl (C=O) groups excluding carboxylic acids is 3. The molecule has 0 unspecified atom stereocenters. The van der Waals surface area contributed by atoms with E-state index in [4.69, 9.17) is 16.3 Å². The average Bonchev–Trinajstić information content (AvgIpc) is 2.70. The van der Waals surface area contributed by atoms with Crippen LogP contribution >= 0.6 is 11.6 Å². The van der Waals surface area contributed by atoms with Gasteiger partial charge in [0, 0.05) is 17.7 Å². The molecule has 0 saturated carbocycles. The highest BCUT2D eigenvalue weighted by Crippen LogP contribution is 2.31. The third-order valence-electron chi connectivity index (χ3n) is 3.32. The lowest BCUT2D eigenvalue weighted by molar-refractivity contribution is 0.0926. The van der Waals surface area contributed by atoms with Crippen LogP contribution in [0.3, 0.4) is 0 Å². The van der Waals surface area contributed by atoms with Gasteiger partial charge in [-0.1, -0.05) is 17.7 Å². The minimum absolute atomic E-state index is 0.158. The Bertz CT molecular complexity index is 816. The van der Waals surface area contributed by atoms with E-state index < -0.39 is 17.2 Å². The van der Waals surface area contributed by atoms with Gasteiger partial charge in [-0.05, 0) is 31.2 Å². The van der Waals surface area contributed by atoms with Crippen molar-refractivity contribution in [1.29, 1.82) is 0 Å². The molecule has 0 N–H and O–H groups in total. The van der Waals surface area contributed by atoms with Crippen LogP contribution in [0.15, 0.2) is 42.5 Å². The fourth-order valence-electron chi connectivity index (χ4n) is 2.37. The van der Waals surface area contributed by atoms with E-state index in [9.17, 15) is 14.4 Å². The Kier molecular flexibility index (Phi) is 3.42. The number of fused-ring (bicyclic) bond motifs is 1. The fraction of sp³-hybridized carbons (Fsp3) is 0.0625. The molecule has 0 radical (unpaired) electrons. The first-order valence-corrected chi connectivity index (χ1v) is 6.82. The number of nitrogens with zero attached hydrogens (tertiary/aromatic N) is 1. The van der Waals surface area contributed by atoms with E-state index in [1.54, 1.807) is 30.3 Å². The molecule has 6 heteroatoms. The lowest BCUT2D eigenvalue weighted by Crippen LogP contribution is -2.29. The second kappa shape index (κ2) is 5.27. The number of anilines is 1. The molecule has 0 aliphatic carbocycles. The monoisotopic (exact) mass is 315 g/mol. The Morgan fingerprint density at radius 3 is 2.50 bits per heavy atom. The third kappa shape index (κ3) is 2.35. The second-order valence-electron chi connectivity index (χ2n) is 4.83. The van der Waals surface area contributed by atoms with E-state index in [2.05, 4.69) is 0 Å². The number of amides is 2. The molecule has 5 nitrogen and oxygen atoms in total. The number of hydrogen-bond acceptors (Lipinski definition) is 4. The van der Waals surface area contributed by atoms with Gasteiger partial charge in [0.15, 0.2) is 0 Å². The standard InChI is InChI=1S/C16H10ClNO4/c1-9-5-6-12-13(7-9)15(20)18(14(12)19)10-3-2-4-11(8-10)22-16(17)21/h2-8H,1H3. The van der Waals surface area contributed by atoms with Crippen molar-refractivity contribution in [2.45, 2.75) is 6.92 Å². The van der Waals surface area contributed by atoms with Crippen LogP contribution in [0.4, 0.5) is 10.5 Å². The van der Waals surface area contributed by atoms with E-state index in [0.717, 1.165) is 10.5 Å². The molecule has 3 rings (SSSR count). The van der Waals surface area contributed by atoms with Gasteiger partial charge in [-0.3, -0.25) is 9.59 Å². The van der Waals surface area contributed by atoms with Gasteiger partial charge in [0.25, 0.3) is 11.8 Å². The van der Waals surface area contributed by atoms with Crippen LogP contribution in [0, 0.1) is 6.92 Å². The summed E-state index contributed by atoms with van der Waals surface area (Å²) in [6, 6.07) is 11.2. The van der Waals surface area contributed by atoms with Crippen molar-refractivity contribution >= 4 is 34.5 Å². The number of carbonyl (C=O) groups is 3. The molecule has 1 aliphatic rings. The van der Waals surface area contributed by atoms with Gasteiger partial charge < -0.3 is 4.74 Å². The molecule has 110 valence electrons. The maximum atomic E-state index is 12.5. The Morgan fingerprint density at radius 2 is 1.77 bits per heavy atom. The Hall–Kier alpha value is -2.66. The second-order valence-corrected chi connectivity index (χ2v) is 5.14. The van der Waals surface area contributed by atoms with Crippen LogP contribution in [0.2, 0.25) is 0 Å². The number of imide groups is 1. The highest BCUT2D eigenvalue weighted by atomic mass is 35.5. The van der Waals surface area contributed by atoms with Crippen LogP contribution in [0.5, 0.6) is 5.75 Å². The van der Waals surface area contributed by atoms with Crippen molar-refractivity contribution in [1.82, 2.24) is 0 Å². The summed E-state index contributed by atoms with van der Waals surface area (Å²) in [4.78, 5) is 36.7. The molecule has 2 aromatic rings. The molecule has 0 saturated heterocycles. The molecule has 0 spiro atoms. The average molecular weight is 316 g/mol. The zero-order valence-corrected chi connectivity index (χ0v) is 12.3. The van der Waals surface area contributed by atoms with E-state index in [-0.39, 0.29) is 5.75 Å². The van der Waals surface area contributed by atoms with Crippen molar-refractivity contribution in [3.05, 3.63) is 59.2 Å². The van der Waals surface area contributed by atoms with Crippen molar-refractivity contribution in [3.63, 3.8) is 0 Å². The van der Waals surface area contributed by atoms with Gasteiger partial charge >= 0.3 is 5.43 Å². The van der Waals surface area contributed by atoms with E-state index in [0.29, 0.717) is 16.8 Å². The van der Waals surface area contributed by atoms with Gasteiger partial charge in [0.1, 0.15) is 5.75 Å². The van der Waals surface area contributed by atoms with E-state index in [1.165, 1.54) is 12.1 Å². The van der Waals surface area contributed by atoms with Crippen molar-refractivity contribution in [3.8, 4) is 5.75 Å². The Labute approximate surface area is 131 Å². The SMILES string of the molecule is Cc1ccc2c(c1)C(=O)N(c1cccc(OC(=O)Cl)c1)C2=O. The van der Waals surface area contributed by atoms with Gasteiger partial charge in [0.05, 0.1) is 16.8 Å². The van der Waals surface area contributed by atoms with E-state index in [1.807, 2.05) is 6.92 Å². The van der Waals surface area contributed by atoms with Crippen molar-refractivity contribution in [2.24, 2.45) is 0 Å². The lowest BCUT2D eigenvalue weighted by atomic mass is 10.1. The van der Waals surface area contributed by atoms with Gasteiger partial charge in [-0.15, -0.1) is 0 Å². The van der Waals surface area contributed by atoms with Crippen LogP contribution in [0.1, 0.15) is 26.3 Å². The number of benzene rings is 2. The van der Waals surface area contributed by atoms with Crippen molar-refractivity contribution in [2.75, 3.05) is 4.90 Å². The highest BCUT2D eigenvalue weighted by molar-refractivity contribution is 6.61. The molecular weight excluding hydrogens is 306 g/mol. The summed E-state index contributed by atoms with van der Waals surface area (Å²) in [6.45, 7) is 1.85. The van der Waals surface area contributed by atoms with Gasteiger partial charge in [0.2, 0.25) is 0 Å². The summed E-state index contributed by atoms with van der Waals surface area (Å²) in [5, 5.41) is 0.